The fourth-order valence-electron chi connectivity index (χ4n) is 2.05. The molecule has 0 spiro atoms. The third-order valence-corrected chi connectivity index (χ3v) is 2.96. The Hall–Kier alpha value is -2.36. The molecule has 0 heterocycles. The molecule has 0 atom stereocenters. The van der Waals surface area contributed by atoms with E-state index in [9.17, 15) is 9.18 Å². The monoisotopic (exact) mass is 274 g/mol. The predicted octanol–water partition coefficient (Wildman–Crippen LogP) is 3.27. The van der Waals surface area contributed by atoms with Crippen molar-refractivity contribution in [2.75, 3.05) is 14.2 Å². The number of Topliss-reactive ketones (excluding diaryl/α,β-unsaturated/α-hetero) is 1. The van der Waals surface area contributed by atoms with Crippen LogP contribution in [0.15, 0.2) is 42.5 Å². The molecule has 0 radical (unpaired) electrons. The summed E-state index contributed by atoms with van der Waals surface area (Å²) in [7, 11) is 2.99. The lowest BCUT2D eigenvalue weighted by atomic mass is 10.0. The van der Waals surface area contributed by atoms with E-state index in [1.165, 1.54) is 26.4 Å². The number of hydrogen-bond acceptors (Lipinski definition) is 3. The van der Waals surface area contributed by atoms with Crippen molar-refractivity contribution in [3.05, 3.63) is 59.4 Å². The van der Waals surface area contributed by atoms with Crippen molar-refractivity contribution in [2.45, 2.75) is 6.42 Å². The second kappa shape index (κ2) is 6.19. The zero-order chi connectivity index (χ0) is 14.5. The van der Waals surface area contributed by atoms with E-state index in [0.717, 1.165) is 0 Å². The van der Waals surface area contributed by atoms with Crippen molar-refractivity contribution in [3.63, 3.8) is 0 Å². The Morgan fingerprint density at radius 1 is 1.05 bits per heavy atom. The van der Waals surface area contributed by atoms with Crippen LogP contribution in [0.3, 0.4) is 0 Å². The van der Waals surface area contributed by atoms with Crippen molar-refractivity contribution in [3.8, 4) is 11.5 Å². The molecule has 0 saturated heterocycles. The Balaban J connectivity index is 2.33. The summed E-state index contributed by atoms with van der Waals surface area (Å²) in [5.41, 5.74) is 0.990. The predicted molar refractivity (Wildman–Crippen MR) is 74.0 cm³/mol. The van der Waals surface area contributed by atoms with E-state index >= 15 is 0 Å². The third-order valence-electron chi connectivity index (χ3n) is 2.96. The van der Waals surface area contributed by atoms with Crippen molar-refractivity contribution >= 4 is 5.78 Å². The van der Waals surface area contributed by atoms with Gasteiger partial charge in [-0.15, -0.1) is 0 Å². The van der Waals surface area contributed by atoms with Crippen LogP contribution >= 0.6 is 0 Å². The molecular weight excluding hydrogens is 259 g/mol. The van der Waals surface area contributed by atoms with Crippen LogP contribution in [0, 0.1) is 5.82 Å². The van der Waals surface area contributed by atoms with Crippen LogP contribution in [0.5, 0.6) is 11.5 Å². The van der Waals surface area contributed by atoms with Crippen LogP contribution in [-0.2, 0) is 6.42 Å². The molecule has 0 amide bonds. The van der Waals surface area contributed by atoms with E-state index in [2.05, 4.69) is 0 Å². The average Bonchev–Trinajstić information content (AvgIpc) is 2.46. The van der Waals surface area contributed by atoms with Gasteiger partial charge in [0, 0.05) is 6.42 Å². The van der Waals surface area contributed by atoms with Crippen LogP contribution in [-0.4, -0.2) is 20.0 Å². The second-order valence-electron chi connectivity index (χ2n) is 4.27. The Bertz CT molecular complexity index is 601. The van der Waals surface area contributed by atoms with E-state index in [0.29, 0.717) is 22.6 Å². The first-order chi connectivity index (χ1) is 9.65. The van der Waals surface area contributed by atoms with Gasteiger partial charge in [-0.2, -0.15) is 0 Å². The number of rotatable bonds is 5. The normalized spacial score (nSPS) is 10.2. The van der Waals surface area contributed by atoms with E-state index in [4.69, 9.17) is 9.47 Å². The maximum Gasteiger partial charge on any atom is 0.174 e. The fraction of sp³-hybridized carbons (Fsp3) is 0.188. The lowest BCUT2D eigenvalue weighted by Crippen LogP contribution is -2.08. The molecule has 0 aliphatic carbocycles. The van der Waals surface area contributed by atoms with Gasteiger partial charge in [0.05, 0.1) is 14.2 Å². The molecule has 0 N–H and O–H groups in total. The van der Waals surface area contributed by atoms with Gasteiger partial charge in [-0.05, 0) is 29.8 Å². The molecule has 2 rings (SSSR count). The molecule has 0 aliphatic rings. The summed E-state index contributed by atoms with van der Waals surface area (Å²) in [5.74, 6) is 0.365. The Labute approximate surface area is 117 Å². The van der Waals surface area contributed by atoms with Gasteiger partial charge in [-0.1, -0.05) is 18.2 Å². The minimum Gasteiger partial charge on any atom is -0.496 e. The number of carbonyl (C=O) groups excluding carboxylic acids is 1. The lowest BCUT2D eigenvalue weighted by Gasteiger charge is -2.12. The summed E-state index contributed by atoms with van der Waals surface area (Å²) in [4.78, 5) is 12.4. The Morgan fingerprint density at radius 3 is 2.20 bits per heavy atom. The average molecular weight is 274 g/mol. The zero-order valence-corrected chi connectivity index (χ0v) is 11.4. The molecule has 0 bridgehead atoms. The van der Waals surface area contributed by atoms with Crippen LogP contribution in [0.2, 0.25) is 0 Å². The molecule has 4 heteroatoms. The smallest absolute Gasteiger partial charge is 0.174 e. The van der Waals surface area contributed by atoms with E-state index in [1.807, 2.05) is 0 Å². The van der Waals surface area contributed by atoms with Crippen LogP contribution < -0.4 is 9.47 Å². The highest BCUT2D eigenvalue weighted by molar-refractivity contribution is 6.02. The summed E-state index contributed by atoms with van der Waals surface area (Å²) in [5, 5.41) is 0. The number of hydrogen-bond donors (Lipinski definition) is 0. The van der Waals surface area contributed by atoms with Crippen molar-refractivity contribution in [1.82, 2.24) is 0 Å². The first-order valence-corrected chi connectivity index (χ1v) is 6.14. The summed E-state index contributed by atoms with van der Waals surface area (Å²) in [6.07, 6.45) is 0.0918. The molecule has 2 aromatic rings. The molecule has 20 heavy (non-hydrogen) atoms. The summed E-state index contributed by atoms with van der Waals surface area (Å²) in [6.45, 7) is 0. The molecule has 3 nitrogen and oxygen atoms in total. The number of benzene rings is 2. The quantitative estimate of drug-likeness (QED) is 0.785. The van der Waals surface area contributed by atoms with Crippen molar-refractivity contribution < 1.29 is 18.7 Å². The minimum atomic E-state index is -0.359. The van der Waals surface area contributed by atoms with Gasteiger partial charge < -0.3 is 9.47 Å². The van der Waals surface area contributed by atoms with Crippen LogP contribution in [0.1, 0.15) is 15.9 Å². The highest BCUT2D eigenvalue weighted by atomic mass is 19.1. The van der Waals surface area contributed by atoms with Crippen LogP contribution in [0.4, 0.5) is 4.39 Å². The number of methoxy groups -OCH3 is 2. The summed E-state index contributed by atoms with van der Waals surface area (Å²) in [6, 6.07) is 11.1. The van der Waals surface area contributed by atoms with Gasteiger partial charge in [-0.25, -0.2) is 4.39 Å². The third kappa shape index (κ3) is 2.96. The Kier molecular flexibility index (Phi) is 4.35. The SMILES string of the molecule is COc1cccc(OC)c1C(=O)Cc1cccc(F)c1. The standard InChI is InChI=1S/C16H15FO3/c1-19-14-7-4-8-15(20-2)16(14)13(18)10-11-5-3-6-12(17)9-11/h3-9H,10H2,1-2H3. The summed E-state index contributed by atoms with van der Waals surface area (Å²) >= 11 is 0. The first-order valence-electron chi connectivity index (χ1n) is 6.14. The number of ether oxygens (including phenoxy) is 2. The molecule has 104 valence electrons. The summed E-state index contributed by atoms with van der Waals surface area (Å²) < 4.78 is 23.5. The molecule has 2 aromatic carbocycles. The van der Waals surface area contributed by atoms with E-state index < -0.39 is 0 Å². The topological polar surface area (TPSA) is 35.5 Å². The van der Waals surface area contributed by atoms with Crippen molar-refractivity contribution in [2.24, 2.45) is 0 Å². The van der Waals surface area contributed by atoms with Gasteiger partial charge in [-0.3, -0.25) is 4.79 Å². The highest BCUT2D eigenvalue weighted by Gasteiger charge is 2.18. The zero-order valence-electron chi connectivity index (χ0n) is 11.4. The number of halogens is 1. The van der Waals surface area contributed by atoms with Crippen LogP contribution in [0.25, 0.3) is 0 Å². The maximum atomic E-state index is 13.2. The molecule has 0 saturated carbocycles. The highest BCUT2D eigenvalue weighted by Crippen LogP contribution is 2.29. The number of ketones is 1. The molecule has 0 aliphatic heterocycles. The second-order valence-corrected chi connectivity index (χ2v) is 4.27. The largest absolute Gasteiger partial charge is 0.496 e. The van der Waals surface area contributed by atoms with Gasteiger partial charge >= 0.3 is 0 Å². The molecular formula is C16H15FO3. The number of carbonyl (C=O) groups is 1. The van der Waals surface area contributed by atoms with Gasteiger partial charge in [0.2, 0.25) is 0 Å². The van der Waals surface area contributed by atoms with E-state index in [-0.39, 0.29) is 18.0 Å². The minimum absolute atomic E-state index is 0.0918. The van der Waals surface area contributed by atoms with Gasteiger partial charge in [0.1, 0.15) is 22.9 Å². The van der Waals surface area contributed by atoms with Gasteiger partial charge in [0.15, 0.2) is 5.78 Å². The lowest BCUT2D eigenvalue weighted by molar-refractivity contribution is 0.0987. The molecule has 0 aromatic heterocycles. The van der Waals surface area contributed by atoms with Crippen molar-refractivity contribution in [1.29, 1.82) is 0 Å². The molecule has 0 unspecified atom stereocenters. The fourth-order valence-corrected chi connectivity index (χ4v) is 2.05. The molecule has 0 fully saturated rings. The Morgan fingerprint density at radius 2 is 1.65 bits per heavy atom. The first kappa shape index (κ1) is 14.1. The van der Waals surface area contributed by atoms with E-state index in [1.54, 1.807) is 30.3 Å². The maximum absolute atomic E-state index is 13.2. The van der Waals surface area contributed by atoms with Gasteiger partial charge in [0.25, 0.3) is 0 Å².